The zero-order chi connectivity index (χ0) is 13.9. The van der Waals surface area contributed by atoms with Crippen molar-refractivity contribution >= 4 is 48.9 Å². The molecule has 2 aromatic heterocycles. The number of aromatic nitrogens is 2. The molecule has 0 saturated carbocycles. The van der Waals surface area contributed by atoms with Crippen LogP contribution >= 0.6 is 43.2 Å². The van der Waals surface area contributed by atoms with Crippen molar-refractivity contribution in [1.82, 2.24) is 9.78 Å². The van der Waals surface area contributed by atoms with E-state index in [9.17, 15) is 0 Å². The van der Waals surface area contributed by atoms with Gasteiger partial charge in [0.05, 0.1) is 9.47 Å². The van der Waals surface area contributed by atoms with Crippen LogP contribution < -0.4 is 5.32 Å². The summed E-state index contributed by atoms with van der Waals surface area (Å²) in [6.07, 6.45) is 3.71. The topological polar surface area (TPSA) is 29.9 Å². The highest BCUT2D eigenvalue weighted by atomic mass is 79.9. The fraction of sp³-hybridized carbons (Fsp3) is 0.0714. The first kappa shape index (κ1) is 13.9. The maximum Gasteiger partial charge on any atom is 0.0843 e. The molecule has 0 aliphatic heterocycles. The van der Waals surface area contributed by atoms with Gasteiger partial charge in [-0.25, -0.2) is 4.68 Å². The molecule has 3 nitrogen and oxygen atoms in total. The number of rotatable bonds is 4. The highest BCUT2D eigenvalue weighted by Crippen LogP contribution is 2.32. The van der Waals surface area contributed by atoms with Gasteiger partial charge in [0.2, 0.25) is 0 Å². The lowest BCUT2D eigenvalue weighted by Gasteiger charge is -2.06. The van der Waals surface area contributed by atoms with Crippen LogP contribution in [-0.2, 0) is 6.54 Å². The van der Waals surface area contributed by atoms with E-state index in [1.165, 1.54) is 4.88 Å². The van der Waals surface area contributed by atoms with Crippen molar-refractivity contribution in [1.29, 1.82) is 0 Å². The molecule has 0 aliphatic carbocycles. The Bertz CT molecular complexity index is 670. The van der Waals surface area contributed by atoms with Gasteiger partial charge in [-0.05, 0) is 68.3 Å². The van der Waals surface area contributed by atoms with E-state index in [1.807, 2.05) is 16.9 Å². The number of hydrogen-bond acceptors (Lipinski definition) is 3. The largest absolute Gasteiger partial charge is 0.380 e. The number of benzene rings is 1. The molecule has 0 aliphatic rings. The Hall–Kier alpha value is -1.11. The zero-order valence-electron chi connectivity index (χ0n) is 10.4. The number of thiophene rings is 1. The number of anilines is 1. The summed E-state index contributed by atoms with van der Waals surface area (Å²) in [6, 6.07) is 12.3. The maximum absolute atomic E-state index is 4.21. The third kappa shape index (κ3) is 3.13. The molecule has 0 radical (unpaired) electrons. The highest BCUT2D eigenvalue weighted by Gasteiger charge is 2.04. The third-order valence-corrected chi connectivity index (χ3v) is 6.06. The van der Waals surface area contributed by atoms with Crippen LogP contribution in [0.2, 0.25) is 0 Å². The minimum absolute atomic E-state index is 0.815. The van der Waals surface area contributed by atoms with Gasteiger partial charge in [0.1, 0.15) is 0 Å². The summed E-state index contributed by atoms with van der Waals surface area (Å²) >= 11 is 8.74. The third-order valence-electron chi connectivity index (χ3n) is 2.80. The lowest BCUT2D eigenvalue weighted by molar-refractivity contribution is 0.880. The van der Waals surface area contributed by atoms with Crippen molar-refractivity contribution in [2.75, 3.05) is 5.32 Å². The molecule has 0 fully saturated rings. The van der Waals surface area contributed by atoms with E-state index < -0.39 is 0 Å². The van der Waals surface area contributed by atoms with Crippen LogP contribution in [0.15, 0.2) is 57.1 Å². The van der Waals surface area contributed by atoms with Gasteiger partial charge in [0, 0.05) is 34.0 Å². The zero-order valence-corrected chi connectivity index (χ0v) is 14.4. The van der Waals surface area contributed by atoms with Gasteiger partial charge in [-0.1, -0.05) is 0 Å². The van der Waals surface area contributed by atoms with Gasteiger partial charge < -0.3 is 5.32 Å². The van der Waals surface area contributed by atoms with E-state index in [0.29, 0.717) is 0 Å². The van der Waals surface area contributed by atoms with Crippen molar-refractivity contribution in [3.63, 3.8) is 0 Å². The molecule has 0 amide bonds. The normalized spacial score (nSPS) is 10.7. The first-order chi connectivity index (χ1) is 9.72. The number of hydrogen-bond donors (Lipinski definition) is 1. The van der Waals surface area contributed by atoms with Crippen LogP contribution in [0.5, 0.6) is 0 Å². The van der Waals surface area contributed by atoms with Gasteiger partial charge in [0.25, 0.3) is 0 Å². The average Bonchev–Trinajstić information content (AvgIpc) is 3.08. The number of nitrogens with zero attached hydrogens (tertiary/aromatic N) is 2. The summed E-state index contributed by atoms with van der Waals surface area (Å²) in [7, 11) is 0. The van der Waals surface area contributed by atoms with Crippen LogP contribution in [0, 0.1) is 0 Å². The second-order valence-corrected chi connectivity index (χ2v) is 7.49. The Morgan fingerprint density at radius 3 is 2.60 bits per heavy atom. The van der Waals surface area contributed by atoms with E-state index >= 15 is 0 Å². The molecular weight excluding hydrogens is 402 g/mol. The molecule has 3 aromatic rings. The molecule has 0 spiro atoms. The first-order valence-corrected chi connectivity index (χ1v) is 8.40. The lowest BCUT2D eigenvalue weighted by Crippen LogP contribution is -1.98. The van der Waals surface area contributed by atoms with Crippen LogP contribution in [0.1, 0.15) is 4.88 Å². The molecule has 1 aromatic carbocycles. The van der Waals surface area contributed by atoms with E-state index in [0.717, 1.165) is 26.2 Å². The average molecular weight is 413 g/mol. The minimum Gasteiger partial charge on any atom is -0.380 e. The van der Waals surface area contributed by atoms with Gasteiger partial charge in [-0.3, -0.25) is 0 Å². The Balaban J connectivity index is 1.66. The summed E-state index contributed by atoms with van der Waals surface area (Å²) in [6.45, 7) is 0.815. The fourth-order valence-electron chi connectivity index (χ4n) is 1.82. The molecule has 6 heteroatoms. The standard InChI is InChI=1S/C14H11Br2N3S/c15-13-8-12(20-14(13)16)9-17-10-2-4-11(5-3-10)19-7-1-6-18-19/h1-8,17H,9H2. The summed E-state index contributed by atoms with van der Waals surface area (Å²) in [4.78, 5) is 1.28. The second-order valence-electron chi connectivity index (χ2n) is 4.19. The SMILES string of the molecule is Brc1cc(CNc2ccc(-n3cccn3)cc2)sc1Br. The van der Waals surface area contributed by atoms with Crippen LogP contribution in [0.4, 0.5) is 5.69 Å². The summed E-state index contributed by atoms with van der Waals surface area (Å²) in [5.74, 6) is 0. The summed E-state index contributed by atoms with van der Waals surface area (Å²) in [5, 5.41) is 7.62. The number of halogens is 2. The second kappa shape index (κ2) is 6.11. The molecule has 3 rings (SSSR count). The van der Waals surface area contributed by atoms with Crippen molar-refractivity contribution in [3.8, 4) is 5.69 Å². The molecule has 0 saturated heterocycles. The number of nitrogens with one attached hydrogen (secondary N) is 1. The van der Waals surface area contributed by atoms with Crippen molar-refractivity contribution in [2.24, 2.45) is 0 Å². The lowest BCUT2D eigenvalue weighted by atomic mass is 10.3. The van der Waals surface area contributed by atoms with E-state index in [1.54, 1.807) is 17.5 Å². The smallest absolute Gasteiger partial charge is 0.0843 e. The Kier molecular flexibility index (Phi) is 4.24. The molecule has 1 N–H and O–H groups in total. The van der Waals surface area contributed by atoms with E-state index in [2.05, 4.69) is 72.6 Å². The van der Waals surface area contributed by atoms with Crippen LogP contribution in [0.25, 0.3) is 5.69 Å². The van der Waals surface area contributed by atoms with Gasteiger partial charge in [-0.15, -0.1) is 11.3 Å². The fourth-order valence-corrected chi connectivity index (χ4v) is 3.94. The van der Waals surface area contributed by atoms with Crippen molar-refractivity contribution < 1.29 is 0 Å². The van der Waals surface area contributed by atoms with E-state index in [4.69, 9.17) is 0 Å². The first-order valence-electron chi connectivity index (χ1n) is 6.00. The monoisotopic (exact) mass is 411 g/mol. The predicted octanol–water partition coefficient (Wildman–Crippen LogP) is 5.07. The molecule has 0 bridgehead atoms. The van der Waals surface area contributed by atoms with Gasteiger partial charge >= 0.3 is 0 Å². The summed E-state index contributed by atoms with van der Waals surface area (Å²) < 4.78 is 4.08. The molecule has 0 unspecified atom stereocenters. The molecule has 0 atom stereocenters. The highest BCUT2D eigenvalue weighted by molar-refractivity contribution is 9.13. The summed E-state index contributed by atoms with van der Waals surface area (Å²) in [5.41, 5.74) is 2.16. The van der Waals surface area contributed by atoms with E-state index in [-0.39, 0.29) is 0 Å². The maximum atomic E-state index is 4.21. The van der Waals surface area contributed by atoms with Crippen molar-refractivity contribution in [3.05, 3.63) is 61.9 Å². The molecular formula is C14H11Br2N3S. The Labute approximate surface area is 137 Å². The molecule has 20 heavy (non-hydrogen) atoms. The van der Waals surface area contributed by atoms with Crippen LogP contribution in [0.3, 0.4) is 0 Å². The molecule has 102 valence electrons. The molecule has 2 heterocycles. The Morgan fingerprint density at radius 1 is 1.20 bits per heavy atom. The van der Waals surface area contributed by atoms with Crippen LogP contribution in [-0.4, -0.2) is 9.78 Å². The van der Waals surface area contributed by atoms with Gasteiger partial charge in [0.15, 0.2) is 0 Å². The van der Waals surface area contributed by atoms with Gasteiger partial charge in [-0.2, -0.15) is 5.10 Å². The Morgan fingerprint density at radius 2 is 2.00 bits per heavy atom. The van der Waals surface area contributed by atoms with Crippen molar-refractivity contribution in [2.45, 2.75) is 6.54 Å². The predicted molar refractivity (Wildman–Crippen MR) is 90.6 cm³/mol. The quantitative estimate of drug-likeness (QED) is 0.648. The minimum atomic E-state index is 0.815.